The van der Waals surface area contributed by atoms with Crippen LogP contribution in [-0.2, 0) is 0 Å². The van der Waals surface area contributed by atoms with Crippen LogP contribution in [0.2, 0.25) is 0 Å². The largest absolute Gasteiger partial charge is 0.402 e. The molecular formula is C9H16N2. The summed E-state index contributed by atoms with van der Waals surface area (Å²) in [7, 11) is 1.79. The third-order valence-corrected chi connectivity index (χ3v) is 2.17. The quantitative estimate of drug-likeness (QED) is 0.571. The second-order valence-electron chi connectivity index (χ2n) is 3.29. The van der Waals surface area contributed by atoms with Gasteiger partial charge in [-0.05, 0) is 30.8 Å². The van der Waals surface area contributed by atoms with E-state index in [9.17, 15) is 0 Å². The highest BCUT2D eigenvalue weighted by molar-refractivity contribution is 5.79. The number of nitrogens with zero attached hydrogens (tertiary/aromatic N) is 1. The molecule has 11 heavy (non-hydrogen) atoms. The Kier molecular flexibility index (Phi) is 2.69. The van der Waals surface area contributed by atoms with Gasteiger partial charge in [0, 0.05) is 19.0 Å². The molecule has 0 aromatic carbocycles. The van der Waals surface area contributed by atoms with Gasteiger partial charge in [-0.2, -0.15) is 0 Å². The molecule has 1 aliphatic carbocycles. The first-order valence-electron chi connectivity index (χ1n) is 4.13. The number of hydrogen-bond donors (Lipinski definition) is 1. The van der Waals surface area contributed by atoms with Crippen molar-refractivity contribution in [3.8, 4) is 0 Å². The summed E-state index contributed by atoms with van der Waals surface area (Å²) in [6, 6.07) is 0. The van der Waals surface area contributed by atoms with Crippen LogP contribution in [0.1, 0.15) is 26.2 Å². The lowest BCUT2D eigenvalue weighted by Gasteiger charge is -2.19. The molecule has 1 atom stereocenters. The Morgan fingerprint density at radius 3 is 3.00 bits per heavy atom. The molecule has 62 valence electrons. The minimum Gasteiger partial charge on any atom is -0.402 e. The summed E-state index contributed by atoms with van der Waals surface area (Å²) in [5.74, 6) is 0.773. The number of allylic oxidation sites excluding steroid dienone is 2. The Balaban J connectivity index is 2.71. The van der Waals surface area contributed by atoms with E-state index in [1.165, 1.54) is 12.0 Å². The van der Waals surface area contributed by atoms with Crippen LogP contribution in [0.5, 0.6) is 0 Å². The molecule has 1 unspecified atom stereocenters. The fourth-order valence-electron chi connectivity index (χ4n) is 1.46. The zero-order valence-corrected chi connectivity index (χ0v) is 7.30. The van der Waals surface area contributed by atoms with Crippen molar-refractivity contribution in [2.24, 2.45) is 16.6 Å². The fraction of sp³-hybridized carbons (Fsp3) is 0.667. The molecule has 0 saturated heterocycles. The molecule has 0 aromatic rings. The first kappa shape index (κ1) is 8.31. The molecule has 1 aliphatic rings. The molecule has 0 aromatic heterocycles. The molecule has 0 amide bonds. The van der Waals surface area contributed by atoms with Gasteiger partial charge in [-0.3, -0.25) is 4.99 Å². The Labute approximate surface area is 68.2 Å². The second kappa shape index (κ2) is 3.56. The van der Waals surface area contributed by atoms with Crippen LogP contribution in [0.4, 0.5) is 0 Å². The molecule has 1 rings (SSSR count). The molecule has 0 fully saturated rings. The molecule has 0 bridgehead atoms. The summed E-state index contributed by atoms with van der Waals surface area (Å²) in [6.07, 6.45) is 5.27. The summed E-state index contributed by atoms with van der Waals surface area (Å²) >= 11 is 0. The predicted molar refractivity (Wildman–Crippen MR) is 48.6 cm³/mol. The molecule has 0 radical (unpaired) electrons. The van der Waals surface area contributed by atoms with E-state index in [1.807, 2.05) is 6.21 Å². The minimum absolute atomic E-state index is 0.773. The van der Waals surface area contributed by atoms with Gasteiger partial charge < -0.3 is 5.73 Å². The maximum Gasteiger partial charge on any atom is 0.0277 e. The number of nitrogens with two attached hydrogens (primary N) is 1. The molecule has 2 heteroatoms. The summed E-state index contributed by atoms with van der Waals surface area (Å²) in [5, 5.41) is 0. The summed E-state index contributed by atoms with van der Waals surface area (Å²) in [4.78, 5) is 3.98. The lowest BCUT2D eigenvalue weighted by atomic mass is 9.89. The molecule has 2 nitrogen and oxygen atoms in total. The average molecular weight is 152 g/mol. The highest BCUT2D eigenvalue weighted by Crippen LogP contribution is 2.25. The predicted octanol–water partition coefficient (Wildman–Crippen LogP) is 1.72. The van der Waals surface area contributed by atoms with Crippen LogP contribution in [0.3, 0.4) is 0 Å². The normalized spacial score (nSPS) is 26.5. The minimum atomic E-state index is 0.773. The molecule has 2 N–H and O–H groups in total. The SMILES string of the molecule is CN=CC1=C(N)CCC(C)C1. The highest BCUT2D eigenvalue weighted by Gasteiger charge is 2.13. The van der Waals surface area contributed by atoms with Gasteiger partial charge in [0.15, 0.2) is 0 Å². The summed E-state index contributed by atoms with van der Waals surface area (Å²) < 4.78 is 0. The van der Waals surface area contributed by atoms with Crippen molar-refractivity contribution >= 4 is 6.21 Å². The average Bonchev–Trinajstić information content (AvgIpc) is 1.98. The second-order valence-corrected chi connectivity index (χ2v) is 3.29. The van der Waals surface area contributed by atoms with Crippen LogP contribution >= 0.6 is 0 Å². The van der Waals surface area contributed by atoms with Crippen molar-refractivity contribution in [3.63, 3.8) is 0 Å². The first-order valence-corrected chi connectivity index (χ1v) is 4.13. The van der Waals surface area contributed by atoms with Gasteiger partial charge in [-0.25, -0.2) is 0 Å². The van der Waals surface area contributed by atoms with E-state index in [1.54, 1.807) is 7.05 Å². The van der Waals surface area contributed by atoms with Gasteiger partial charge in [0.2, 0.25) is 0 Å². The zero-order chi connectivity index (χ0) is 8.27. The van der Waals surface area contributed by atoms with E-state index < -0.39 is 0 Å². The zero-order valence-electron chi connectivity index (χ0n) is 7.30. The lowest BCUT2D eigenvalue weighted by Crippen LogP contribution is -2.13. The Hall–Kier alpha value is -0.790. The highest BCUT2D eigenvalue weighted by atomic mass is 14.7. The van der Waals surface area contributed by atoms with Crippen LogP contribution in [0.15, 0.2) is 16.3 Å². The van der Waals surface area contributed by atoms with E-state index in [4.69, 9.17) is 5.73 Å². The third kappa shape index (κ3) is 2.07. The number of hydrogen-bond acceptors (Lipinski definition) is 2. The van der Waals surface area contributed by atoms with Crippen LogP contribution in [0, 0.1) is 5.92 Å². The molecule has 0 saturated carbocycles. The van der Waals surface area contributed by atoms with Gasteiger partial charge >= 0.3 is 0 Å². The Morgan fingerprint density at radius 1 is 1.64 bits per heavy atom. The molecule has 0 heterocycles. The topological polar surface area (TPSA) is 38.4 Å². The standard InChI is InChI=1S/C9H16N2/c1-7-3-4-9(10)8(5-7)6-11-2/h6-7H,3-5,10H2,1-2H3. The summed E-state index contributed by atoms with van der Waals surface area (Å²) in [6.45, 7) is 2.26. The number of aliphatic imine (C=N–C) groups is 1. The van der Waals surface area contributed by atoms with Crippen molar-refractivity contribution < 1.29 is 0 Å². The maximum absolute atomic E-state index is 5.82. The van der Waals surface area contributed by atoms with Gasteiger partial charge in [0.25, 0.3) is 0 Å². The van der Waals surface area contributed by atoms with Crippen molar-refractivity contribution in [1.82, 2.24) is 0 Å². The fourth-order valence-corrected chi connectivity index (χ4v) is 1.46. The Morgan fingerprint density at radius 2 is 2.36 bits per heavy atom. The van der Waals surface area contributed by atoms with E-state index in [-0.39, 0.29) is 0 Å². The number of rotatable bonds is 1. The van der Waals surface area contributed by atoms with Crippen molar-refractivity contribution in [2.75, 3.05) is 7.05 Å². The summed E-state index contributed by atoms with van der Waals surface area (Å²) in [5.41, 5.74) is 8.09. The van der Waals surface area contributed by atoms with E-state index in [0.717, 1.165) is 24.5 Å². The van der Waals surface area contributed by atoms with E-state index >= 15 is 0 Å². The Bertz CT molecular complexity index is 192. The van der Waals surface area contributed by atoms with Crippen LogP contribution in [0.25, 0.3) is 0 Å². The maximum atomic E-state index is 5.82. The first-order chi connectivity index (χ1) is 5.24. The van der Waals surface area contributed by atoms with Crippen LogP contribution < -0.4 is 5.73 Å². The van der Waals surface area contributed by atoms with Gasteiger partial charge in [-0.1, -0.05) is 6.92 Å². The van der Waals surface area contributed by atoms with E-state index in [2.05, 4.69) is 11.9 Å². The molecule has 0 aliphatic heterocycles. The van der Waals surface area contributed by atoms with Crippen molar-refractivity contribution in [1.29, 1.82) is 0 Å². The molecule has 0 spiro atoms. The van der Waals surface area contributed by atoms with Crippen LogP contribution in [-0.4, -0.2) is 13.3 Å². The van der Waals surface area contributed by atoms with Crippen molar-refractivity contribution in [3.05, 3.63) is 11.3 Å². The van der Waals surface area contributed by atoms with Crippen molar-refractivity contribution in [2.45, 2.75) is 26.2 Å². The third-order valence-electron chi connectivity index (χ3n) is 2.17. The van der Waals surface area contributed by atoms with Gasteiger partial charge in [0.1, 0.15) is 0 Å². The molecular weight excluding hydrogens is 136 g/mol. The van der Waals surface area contributed by atoms with Gasteiger partial charge in [0.05, 0.1) is 0 Å². The van der Waals surface area contributed by atoms with Gasteiger partial charge in [-0.15, -0.1) is 0 Å². The monoisotopic (exact) mass is 152 g/mol. The lowest BCUT2D eigenvalue weighted by molar-refractivity contribution is 0.504. The smallest absolute Gasteiger partial charge is 0.0277 e. The van der Waals surface area contributed by atoms with E-state index in [0.29, 0.717) is 0 Å².